The third-order valence-corrected chi connectivity index (χ3v) is 4.01. The summed E-state index contributed by atoms with van der Waals surface area (Å²) >= 11 is 1.41. The van der Waals surface area contributed by atoms with E-state index in [2.05, 4.69) is 5.32 Å². The van der Waals surface area contributed by atoms with Gasteiger partial charge >= 0.3 is 0 Å². The zero-order valence-corrected chi connectivity index (χ0v) is 11.9. The number of thioether (sulfide) groups is 1. The van der Waals surface area contributed by atoms with Crippen molar-refractivity contribution in [3.8, 4) is 0 Å². The van der Waals surface area contributed by atoms with Crippen molar-refractivity contribution in [2.24, 2.45) is 5.92 Å². The van der Waals surface area contributed by atoms with Crippen LogP contribution in [0.15, 0.2) is 23.1 Å². The van der Waals surface area contributed by atoms with Gasteiger partial charge in [-0.2, -0.15) is 0 Å². The van der Waals surface area contributed by atoms with E-state index >= 15 is 0 Å². The standard InChI is InChI=1S/C13H16N2O4S/c1-20-9-4-5-11(15(18)19)10(6-9)13(17)14-7-12(16)8-2-3-8/h4-6,8,12,16H,2-3,7H2,1H3,(H,14,17). The lowest BCUT2D eigenvalue weighted by atomic mass is 10.1. The van der Waals surface area contributed by atoms with E-state index in [1.807, 2.05) is 6.26 Å². The number of carbonyl (C=O) groups excluding carboxylic acids is 1. The van der Waals surface area contributed by atoms with E-state index in [4.69, 9.17) is 0 Å². The summed E-state index contributed by atoms with van der Waals surface area (Å²) in [6.45, 7) is 0.129. The van der Waals surface area contributed by atoms with Crippen molar-refractivity contribution in [2.45, 2.75) is 23.8 Å². The molecule has 0 aromatic heterocycles. The molecule has 1 aliphatic rings. The monoisotopic (exact) mass is 296 g/mol. The Hall–Kier alpha value is -1.60. The average molecular weight is 296 g/mol. The maximum Gasteiger partial charge on any atom is 0.282 e. The van der Waals surface area contributed by atoms with Crippen molar-refractivity contribution in [2.75, 3.05) is 12.8 Å². The second-order valence-electron chi connectivity index (χ2n) is 4.75. The lowest BCUT2D eigenvalue weighted by Crippen LogP contribution is -2.33. The molecule has 7 heteroatoms. The Morgan fingerprint density at radius 2 is 2.30 bits per heavy atom. The van der Waals surface area contributed by atoms with Gasteiger partial charge in [0.2, 0.25) is 0 Å². The molecular formula is C13H16N2O4S. The molecule has 1 fully saturated rings. The normalized spacial score (nSPS) is 15.7. The molecule has 108 valence electrons. The molecule has 0 saturated heterocycles. The highest BCUT2D eigenvalue weighted by atomic mass is 32.2. The fourth-order valence-electron chi connectivity index (χ4n) is 1.92. The van der Waals surface area contributed by atoms with Crippen molar-refractivity contribution in [3.05, 3.63) is 33.9 Å². The van der Waals surface area contributed by atoms with Crippen LogP contribution in [-0.4, -0.2) is 34.8 Å². The summed E-state index contributed by atoms with van der Waals surface area (Å²) in [6.07, 6.45) is 3.21. The molecule has 0 aliphatic heterocycles. The molecule has 2 N–H and O–H groups in total. The molecule has 0 radical (unpaired) electrons. The minimum Gasteiger partial charge on any atom is -0.391 e. The number of nitrogens with one attached hydrogen (secondary N) is 1. The number of rotatable bonds is 6. The van der Waals surface area contributed by atoms with Crippen LogP contribution < -0.4 is 5.32 Å². The van der Waals surface area contributed by atoms with Crippen LogP contribution in [0.5, 0.6) is 0 Å². The maximum absolute atomic E-state index is 12.0. The van der Waals surface area contributed by atoms with Crippen LogP contribution in [0.1, 0.15) is 23.2 Å². The molecule has 0 spiro atoms. The molecular weight excluding hydrogens is 280 g/mol. The highest BCUT2D eigenvalue weighted by Gasteiger charge is 2.30. The number of amides is 1. The summed E-state index contributed by atoms with van der Waals surface area (Å²) in [4.78, 5) is 23.2. The molecule has 6 nitrogen and oxygen atoms in total. The van der Waals surface area contributed by atoms with Crippen LogP contribution in [0.4, 0.5) is 5.69 Å². The summed E-state index contributed by atoms with van der Waals surface area (Å²) in [5.41, 5.74) is -0.189. The van der Waals surface area contributed by atoms with Crippen molar-refractivity contribution >= 4 is 23.4 Å². The highest BCUT2D eigenvalue weighted by molar-refractivity contribution is 7.98. The number of hydrogen-bond acceptors (Lipinski definition) is 5. The SMILES string of the molecule is CSc1ccc([N+](=O)[O-])c(C(=O)NCC(O)C2CC2)c1. The first kappa shape index (κ1) is 14.8. The highest BCUT2D eigenvalue weighted by Crippen LogP contribution is 2.32. The number of aliphatic hydroxyl groups excluding tert-OH is 1. The number of nitro groups is 1. The zero-order valence-electron chi connectivity index (χ0n) is 11.0. The summed E-state index contributed by atoms with van der Waals surface area (Å²) in [5.74, 6) is -0.268. The predicted octanol–water partition coefficient (Wildman–Crippen LogP) is 1.82. The molecule has 0 bridgehead atoms. The molecule has 1 atom stereocenters. The second-order valence-corrected chi connectivity index (χ2v) is 5.63. The number of nitrogens with zero attached hydrogens (tertiary/aromatic N) is 1. The van der Waals surface area contributed by atoms with Crippen LogP contribution in [0.3, 0.4) is 0 Å². The van der Waals surface area contributed by atoms with Gasteiger partial charge in [-0.25, -0.2) is 0 Å². The number of carbonyl (C=O) groups is 1. The first-order chi connectivity index (χ1) is 9.52. The van der Waals surface area contributed by atoms with Crippen LogP contribution in [-0.2, 0) is 0 Å². The van der Waals surface area contributed by atoms with E-state index < -0.39 is 16.9 Å². The van der Waals surface area contributed by atoms with E-state index in [-0.39, 0.29) is 23.7 Å². The maximum atomic E-state index is 12.0. The van der Waals surface area contributed by atoms with Crippen LogP contribution in [0.25, 0.3) is 0 Å². The van der Waals surface area contributed by atoms with Gasteiger partial charge in [-0.05, 0) is 37.1 Å². The largest absolute Gasteiger partial charge is 0.391 e. The smallest absolute Gasteiger partial charge is 0.282 e. The van der Waals surface area contributed by atoms with Crippen LogP contribution in [0.2, 0.25) is 0 Å². The van der Waals surface area contributed by atoms with Gasteiger partial charge in [0.1, 0.15) is 5.56 Å². The number of nitro benzene ring substituents is 1. The van der Waals surface area contributed by atoms with Crippen molar-refractivity contribution in [3.63, 3.8) is 0 Å². The summed E-state index contributed by atoms with van der Waals surface area (Å²) in [6, 6.07) is 4.44. The molecule has 1 amide bonds. The fraction of sp³-hybridized carbons (Fsp3) is 0.462. The molecule has 20 heavy (non-hydrogen) atoms. The van der Waals surface area contributed by atoms with Crippen LogP contribution >= 0.6 is 11.8 Å². The summed E-state index contributed by atoms with van der Waals surface area (Å²) in [7, 11) is 0. The van der Waals surface area contributed by atoms with Gasteiger partial charge in [0, 0.05) is 17.5 Å². The van der Waals surface area contributed by atoms with Gasteiger partial charge in [0.05, 0.1) is 11.0 Å². The minimum absolute atomic E-state index is 0.0323. The number of benzene rings is 1. The van der Waals surface area contributed by atoms with E-state index in [0.717, 1.165) is 17.7 Å². The average Bonchev–Trinajstić information content (AvgIpc) is 3.28. The van der Waals surface area contributed by atoms with Gasteiger partial charge in [0.25, 0.3) is 11.6 Å². The van der Waals surface area contributed by atoms with Gasteiger partial charge in [-0.15, -0.1) is 11.8 Å². The van der Waals surface area contributed by atoms with E-state index in [0.29, 0.717) is 0 Å². The first-order valence-corrected chi connectivity index (χ1v) is 7.54. The van der Waals surface area contributed by atoms with E-state index in [1.54, 1.807) is 6.07 Å². The second kappa shape index (κ2) is 6.23. The Morgan fingerprint density at radius 1 is 1.60 bits per heavy atom. The Balaban J connectivity index is 2.11. The van der Waals surface area contributed by atoms with Crippen LogP contribution in [0, 0.1) is 16.0 Å². The molecule has 1 unspecified atom stereocenters. The zero-order chi connectivity index (χ0) is 14.7. The minimum atomic E-state index is -0.573. The topological polar surface area (TPSA) is 92.5 Å². The summed E-state index contributed by atoms with van der Waals surface area (Å²) in [5, 5.41) is 23.2. The number of aliphatic hydroxyl groups is 1. The van der Waals surface area contributed by atoms with Gasteiger partial charge in [0.15, 0.2) is 0 Å². The molecule has 1 aliphatic carbocycles. The van der Waals surface area contributed by atoms with Gasteiger partial charge in [-0.1, -0.05) is 0 Å². The quantitative estimate of drug-likeness (QED) is 0.474. The lowest BCUT2D eigenvalue weighted by Gasteiger charge is -2.11. The van der Waals surface area contributed by atoms with Gasteiger partial charge < -0.3 is 10.4 Å². The third kappa shape index (κ3) is 3.49. The molecule has 1 saturated carbocycles. The van der Waals surface area contributed by atoms with Crippen molar-refractivity contribution in [1.29, 1.82) is 0 Å². The molecule has 1 aromatic carbocycles. The summed E-state index contributed by atoms with van der Waals surface area (Å²) < 4.78 is 0. The molecule has 1 aromatic rings. The van der Waals surface area contributed by atoms with E-state index in [1.165, 1.54) is 23.9 Å². The van der Waals surface area contributed by atoms with Crippen molar-refractivity contribution < 1.29 is 14.8 Å². The Kier molecular flexibility index (Phi) is 4.61. The molecule has 0 heterocycles. The third-order valence-electron chi connectivity index (χ3n) is 3.28. The van der Waals surface area contributed by atoms with Gasteiger partial charge in [-0.3, -0.25) is 14.9 Å². The lowest BCUT2D eigenvalue weighted by molar-refractivity contribution is -0.385. The molecule has 2 rings (SSSR count). The first-order valence-electron chi connectivity index (χ1n) is 6.31. The Morgan fingerprint density at radius 3 is 2.85 bits per heavy atom. The van der Waals surface area contributed by atoms with E-state index in [9.17, 15) is 20.0 Å². The Bertz CT molecular complexity index is 531. The Labute approximate surface area is 120 Å². The van der Waals surface area contributed by atoms with Crippen molar-refractivity contribution in [1.82, 2.24) is 5.32 Å². The predicted molar refractivity (Wildman–Crippen MR) is 75.9 cm³/mol. The fourth-order valence-corrected chi connectivity index (χ4v) is 2.36. The number of hydrogen-bond donors (Lipinski definition) is 2.